The molecule has 0 radical (unpaired) electrons. The number of nitrogens with zero attached hydrogens (tertiary/aromatic N) is 2. The molecule has 0 aromatic heterocycles. The zero-order valence-electron chi connectivity index (χ0n) is 13.0. The second-order valence-corrected chi connectivity index (χ2v) is 7.38. The molecule has 1 aromatic carbocycles. The fourth-order valence-corrected chi connectivity index (χ4v) is 5.09. The van der Waals surface area contributed by atoms with Crippen LogP contribution in [0.1, 0.15) is 42.5 Å². The summed E-state index contributed by atoms with van der Waals surface area (Å²) in [6.07, 6.45) is 5.91. The van der Waals surface area contributed by atoms with Crippen molar-refractivity contribution in [3.8, 4) is 0 Å². The number of hydrogen-bond acceptors (Lipinski definition) is 4. The molecule has 2 aliphatic heterocycles. The highest BCUT2D eigenvalue weighted by atomic mass is 16.6. The molecule has 122 valence electrons. The molecule has 2 saturated carbocycles. The molecule has 2 atom stereocenters. The van der Waals surface area contributed by atoms with Gasteiger partial charge in [0.25, 0.3) is 11.6 Å². The van der Waals surface area contributed by atoms with E-state index in [2.05, 4.69) is 0 Å². The molecule has 2 unspecified atom stereocenters. The number of benzene rings is 1. The lowest BCUT2D eigenvalue weighted by Crippen LogP contribution is -2.42. The van der Waals surface area contributed by atoms with Gasteiger partial charge < -0.3 is 10.6 Å². The van der Waals surface area contributed by atoms with E-state index in [1.165, 1.54) is 25.3 Å². The summed E-state index contributed by atoms with van der Waals surface area (Å²) in [6.45, 7) is 0.776. The molecule has 2 aliphatic carbocycles. The number of nitrogen functional groups attached to an aromatic ring is 1. The highest BCUT2D eigenvalue weighted by molar-refractivity contribution is 6.01. The van der Waals surface area contributed by atoms with Crippen molar-refractivity contribution in [2.45, 2.75) is 38.1 Å². The summed E-state index contributed by atoms with van der Waals surface area (Å²) >= 11 is 0. The Labute approximate surface area is 134 Å². The number of carbonyl (C=O) groups is 1. The first-order valence-corrected chi connectivity index (χ1v) is 8.36. The summed E-state index contributed by atoms with van der Waals surface area (Å²) in [5.74, 6) is 1.94. The Balaban J connectivity index is 1.67. The van der Waals surface area contributed by atoms with E-state index in [1.54, 1.807) is 12.1 Å². The first kappa shape index (κ1) is 14.5. The molecule has 2 heterocycles. The summed E-state index contributed by atoms with van der Waals surface area (Å²) in [7, 11) is 0. The Morgan fingerprint density at radius 2 is 1.78 bits per heavy atom. The third-order valence-electron chi connectivity index (χ3n) is 5.88. The van der Waals surface area contributed by atoms with Crippen LogP contribution in [0.15, 0.2) is 18.2 Å². The molecule has 4 aliphatic rings. The van der Waals surface area contributed by atoms with E-state index >= 15 is 0 Å². The smallest absolute Gasteiger partial charge is 0.292 e. The Morgan fingerprint density at radius 1 is 1.13 bits per heavy atom. The Bertz CT molecular complexity index is 661. The minimum Gasteiger partial charge on any atom is -0.393 e. The number of rotatable bonds is 2. The van der Waals surface area contributed by atoms with Crippen molar-refractivity contribution < 1.29 is 9.72 Å². The number of nitro groups is 1. The number of anilines is 1. The minimum absolute atomic E-state index is 0.00791. The largest absolute Gasteiger partial charge is 0.393 e. The summed E-state index contributed by atoms with van der Waals surface area (Å²) < 4.78 is 0. The molecule has 6 heteroatoms. The van der Waals surface area contributed by atoms with Gasteiger partial charge in [0, 0.05) is 18.7 Å². The second-order valence-electron chi connectivity index (χ2n) is 7.38. The molecular weight excluding hydrogens is 294 g/mol. The second kappa shape index (κ2) is 5.22. The van der Waals surface area contributed by atoms with Gasteiger partial charge in [0.2, 0.25) is 0 Å². The van der Waals surface area contributed by atoms with Crippen LogP contribution in [0.25, 0.3) is 0 Å². The van der Waals surface area contributed by atoms with Gasteiger partial charge >= 0.3 is 0 Å². The van der Waals surface area contributed by atoms with Crippen molar-refractivity contribution in [3.63, 3.8) is 0 Å². The number of carbonyl (C=O) groups excluding carboxylic acids is 1. The maximum Gasteiger partial charge on any atom is 0.292 e. The van der Waals surface area contributed by atoms with Crippen LogP contribution in [0, 0.1) is 27.9 Å². The van der Waals surface area contributed by atoms with Gasteiger partial charge in [-0.1, -0.05) is 6.07 Å². The monoisotopic (exact) mass is 315 g/mol. The van der Waals surface area contributed by atoms with Gasteiger partial charge in [0.05, 0.1) is 10.5 Å². The van der Waals surface area contributed by atoms with Crippen LogP contribution in [0.5, 0.6) is 0 Å². The fraction of sp³-hybridized carbons (Fsp3) is 0.588. The zero-order chi connectivity index (χ0) is 16.1. The molecule has 23 heavy (non-hydrogen) atoms. The van der Waals surface area contributed by atoms with E-state index in [1.807, 2.05) is 4.90 Å². The van der Waals surface area contributed by atoms with Crippen molar-refractivity contribution >= 4 is 17.3 Å². The third-order valence-corrected chi connectivity index (χ3v) is 5.88. The maximum absolute atomic E-state index is 13.0. The lowest BCUT2D eigenvalue weighted by Gasteiger charge is -2.39. The summed E-state index contributed by atoms with van der Waals surface area (Å²) in [4.78, 5) is 25.5. The Hall–Kier alpha value is -2.11. The molecule has 4 bridgehead atoms. The molecular formula is C17H21N3O3. The van der Waals surface area contributed by atoms with Crippen LogP contribution >= 0.6 is 0 Å². The minimum atomic E-state index is -0.526. The topological polar surface area (TPSA) is 89.5 Å². The first-order valence-electron chi connectivity index (χ1n) is 8.36. The van der Waals surface area contributed by atoms with Gasteiger partial charge in [0.15, 0.2) is 0 Å². The highest BCUT2D eigenvalue weighted by Crippen LogP contribution is 2.47. The normalized spacial score (nSPS) is 31.9. The van der Waals surface area contributed by atoms with Gasteiger partial charge in [-0.15, -0.1) is 0 Å². The molecule has 4 fully saturated rings. The van der Waals surface area contributed by atoms with Crippen molar-refractivity contribution in [1.82, 2.24) is 4.90 Å². The number of nitrogens with two attached hydrogens (primary N) is 1. The van der Waals surface area contributed by atoms with Crippen molar-refractivity contribution in [1.29, 1.82) is 0 Å². The first-order chi connectivity index (χ1) is 11.0. The van der Waals surface area contributed by atoms with E-state index in [4.69, 9.17) is 5.73 Å². The molecule has 1 aromatic rings. The predicted molar refractivity (Wildman–Crippen MR) is 85.9 cm³/mol. The predicted octanol–water partition coefficient (Wildman–Crippen LogP) is 2.83. The Kier molecular flexibility index (Phi) is 3.28. The van der Waals surface area contributed by atoms with Crippen LogP contribution in [0.4, 0.5) is 11.4 Å². The number of hydrogen-bond donors (Lipinski definition) is 1. The van der Waals surface area contributed by atoms with Crippen molar-refractivity contribution in [3.05, 3.63) is 33.9 Å². The zero-order valence-corrected chi connectivity index (χ0v) is 13.0. The van der Waals surface area contributed by atoms with E-state index in [0.717, 1.165) is 31.2 Å². The number of para-hydroxylation sites is 1. The van der Waals surface area contributed by atoms with Gasteiger partial charge in [-0.25, -0.2) is 0 Å². The van der Waals surface area contributed by atoms with Crippen LogP contribution in [-0.4, -0.2) is 28.3 Å². The van der Waals surface area contributed by atoms with Gasteiger partial charge in [-0.2, -0.15) is 0 Å². The third kappa shape index (κ3) is 2.36. The summed E-state index contributed by atoms with van der Waals surface area (Å²) in [6, 6.07) is 4.78. The van der Waals surface area contributed by atoms with E-state index in [0.29, 0.717) is 5.92 Å². The van der Waals surface area contributed by atoms with Crippen LogP contribution in [0.2, 0.25) is 0 Å². The van der Waals surface area contributed by atoms with E-state index in [9.17, 15) is 14.9 Å². The number of nitro benzene ring substituents is 1. The van der Waals surface area contributed by atoms with E-state index < -0.39 is 4.92 Å². The molecule has 6 nitrogen and oxygen atoms in total. The SMILES string of the molecule is Nc1c(C(=O)N2CC3CC4CC(C3)CC2C4)cccc1[N+](=O)[O-]. The average Bonchev–Trinajstić information content (AvgIpc) is 2.70. The molecule has 2 saturated heterocycles. The summed E-state index contributed by atoms with van der Waals surface area (Å²) in [5, 5.41) is 11.1. The van der Waals surface area contributed by atoms with Crippen LogP contribution < -0.4 is 5.73 Å². The number of amides is 1. The standard InChI is InChI=1S/C17H21N3O3/c18-16-14(2-1-3-15(16)20(22)23)17(21)19-9-12-5-10-4-11(6-12)8-13(19)7-10/h1-3,10-13H,4-9,18H2. The van der Waals surface area contributed by atoms with E-state index in [-0.39, 0.29) is 28.9 Å². The van der Waals surface area contributed by atoms with Gasteiger partial charge in [-0.3, -0.25) is 14.9 Å². The van der Waals surface area contributed by atoms with Gasteiger partial charge in [0.1, 0.15) is 5.69 Å². The highest BCUT2D eigenvalue weighted by Gasteiger charge is 2.44. The lowest BCUT2D eigenvalue weighted by molar-refractivity contribution is -0.383. The van der Waals surface area contributed by atoms with Crippen LogP contribution in [-0.2, 0) is 0 Å². The molecule has 0 spiro atoms. The summed E-state index contributed by atoms with van der Waals surface area (Å²) in [5.41, 5.74) is 6.00. The van der Waals surface area contributed by atoms with Crippen molar-refractivity contribution in [2.75, 3.05) is 12.3 Å². The quantitative estimate of drug-likeness (QED) is 0.516. The lowest BCUT2D eigenvalue weighted by atomic mass is 9.68. The van der Waals surface area contributed by atoms with Crippen molar-refractivity contribution in [2.24, 2.45) is 17.8 Å². The molecule has 2 N–H and O–H groups in total. The number of fused-ring (bicyclic) bond motifs is 1. The Morgan fingerprint density at radius 3 is 2.43 bits per heavy atom. The average molecular weight is 315 g/mol. The molecule has 1 amide bonds. The van der Waals surface area contributed by atoms with Crippen LogP contribution in [0.3, 0.4) is 0 Å². The van der Waals surface area contributed by atoms with Gasteiger partial charge in [-0.05, 0) is 55.9 Å². The fourth-order valence-electron chi connectivity index (χ4n) is 5.09. The maximum atomic E-state index is 13.0. The molecule has 5 rings (SSSR count).